The Hall–Kier alpha value is -0.480. The summed E-state index contributed by atoms with van der Waals surface area (Å²) in [6.07, 6.45) is -7.49. The first-order valence-electron chi connectivity index (χ1n) is 11.0. The molecule has 2 saturated heterocycles. The summed E-state index contributed by atoms with van der Waals surface area (Å²) in [4.78, 5) is 0. The molecule has 0 bridgehead atoms. The van der Waals surface area contributed by atoms with Crippen molar-refractivity contribution in [2.24, 2.45) is 5.92 Å². The van der Waals surface area contributed by atoms with E-state index in [2.05, 4.69) is 0 Å². The van der Waals surface area contributed by atoms with E-state index in [-0.39, 0.29) is 43.9 Å². The number of ether oxygens (including phenoxy) is 5. The Morgan fingerprint density at radius 2 is 1.43 bits per heavy atom. The standard InChI is InChI=1S/C20H29F9O5S/c1-2-13(17(21,22)18(23,24)19(25,26)20(27,28)29)12-35-5-3-4-30-6-14(32-10-16-11-34-16)7-31-8-15-9-33-15/h13-16H,2-12H2,1H3. The first kappa shape index (κ1) is 30.7. The van der Waals surface area contributed by atoms with Gasteiger partial charge in [0, 0.05) is 18.3 Å². The normalized spacial score (nSPS) is 22.8. The monoisotopic (exact) mass is 552 g/mol. The molecule has 35 heavy (non-hydrogen) atoms. The molecule has 2 fully saturated rings. The van der Waals surface area contributed by atoms with Crippen LogP contribution in [0.15, 0.2) is 0 Å². The molecule has 2 aliphatic rings. The van der Waals surface area contributed by atoms with Gasteiger partial charge in [-0.2, -0.15) is 51.3 Å². The molecule has 5 nitrogen and oxygen atoms in total. The van der Waals surface area contributed by atoms with Crippen molar-refractivity contribution in [2.75, 3.05) is 57.8 Å². The minimum atomic E-state index is -6.87. The zero-order valence-electron chi connectivity index (χ0n) is 18.9. The van der Waals surface area contributed by atoms with Crippen LogP contribution in [0.1, 0.15) is 19.8 Å². The molecular formula is C20H29F9O5S. The van der Waals surface area contributed by atoms with E-state index in [0.717, 1.165) is 18.7 Å². The molecule has 0 aliphatic carbocycles. The molecule has 0 N–H and O–H groups in total. The summed E-state index contributed by atoms with van der Waals surface area (Å²) in [5, 5.41) is 0. The molecular weight excluding hydrogens is 523 g/mol. The molecule has 208 valence electrons. The van der Waals surface area contributed by atoms with E-state index in [4.69, 9.17) is 23.7 Å². The van der Waals surface area contributed by atoms with Crippen LogP contribution in [0, 0.1) is 5.92 Å². The van der Waals surface area contributed by atoms with Gasteiger partial charge in [-0.3, -0.25) is 0 Å². The summed E-state index contributed by atoms with van der Waals surface area (Å²) < 4.78 is 145. The lowest BCUT2D eigenvalue weighted by atomic mass is 9.91. The van der Waals surface area contributed by atoms with Crippen molar-refractivity contribution in [2.45, 2.75) is 62.0 Å². The van der Waals surface area contributed by atoms with Crippen LogP contribution in [-0.2, 0) is 23.7 Å². The molecule has 0 aromatic heterocycles. The van der Waals surface area contributed by atoms with Crippen molar-refractivity contribution >= 4 is 11.8 Å². The van der Waals surface area contributed by atoms with Gasteiger partial charge in [-0.25, -0.2) is 0 Å². The summed E-state index contributed by atoms with van der Waals surface area (Å²) in [5.41, 5.74) is 0. The van der Waals surface area contributed by atoms with Crippen LogP contribution in [0.5, 0.6) is 0 Å². The van der Waals surface area contributed by atoms with Gasteiger partial charge < -0.3 is 23.7 Å². The van der Waals surface area contributed by atoms with Gasteiger partial charge in [0.15, 0.2) is 0 Å². The van der Waals surface area contributed by atoms with Crippen LogP contribution >= 0.6 is 11.8 Å². The van der Waals surface area contributed by atoms with Gasteiger partial charge in [0.05, 0.1) is 39.6 Å². The number of hydrogen-bond donors (Lipinski definition) is 0. The summed E-state index contributed by atoms with van der Waals surface area (Å²) in [5.74, 6) is -22.0. The molecule has 0 radical (unpaired) electrons. The number of rotatable bonds is 19. The van der Waals surface area contributed by atoms with E-state index in [1.54, 1.807) is 0 Å². The fourth-order valence-electron chi connectivity index (χ4n) is 2.87. The van der Waals surface area contributed by atoms with Crippen LogP contribution in [0.4, 0.5) is 39.5 Å². The molecule has 2 aliphatic heterocycles. The highest BCUT2D eigenvalue weighted by Crippen LogP contribution is 2.56. The predicted octanol–water partition coefficient (Wildman–Crippen LogP) is 4.82. The lowest BCUT2D eigenvalue weighted by molar-refractivity contribution is -0.402. The molecule has 0 spiro atoms. The second kappa shape index (κ2) is 12.9. The average Bonchev–Trinajstić information content (AvgIpc) is 3.67. The number of thioether (sulfide) groups is 1. The lowest BCUT2D eigenvalue weighted by Crippen LogP contribution is -2.63. The van der Waals surface area contributed by atoms with Crippen LogP contribution in [-0.4, -0.2) is 100 Å². The van der Waals surface area contributed by atoms with Crippen molar-refractivity contribution in [1.82, 2.24) is 0 Å². The van der Waals surface area contributed by atoms with Gasteiger partial charge in [0.2, 0.25) is 0 Å². The van der Waals surface area contributed by atoms with Gasteiger partial charge in [0.1, 0.15) is 18.3 Å². The third kappa shape index (κ3) is 8.80. The number of halogens is 9. The van der Waals surface area contributed by atoms with Crippen molar-refractivity contribution in [1.29, 1.82) is 0 Å². The molecule has 0 aromatic carbocycles. The van der Waals surface area contributed by atoms with Crippen LogP contribution in [0.25, 0.3) is 0 Å². The summed E-state index contributed by atoms with van der Waals surface area (Å²) >= 11 is 0.746. The molecule has 0 saturated carbocycles. The maximum atomic E-state index is 14.1. The highest BCUT2D eigenvalue weighted by Gasteiger charge is 2.82. The van der Waals surface area contributed by atoms with E-state index in [0.29, 0.717) is 32.8 Å². The summed E-state index contributed by atoms with van der Waals surface area (Å²) in [6, 6.07) is 0. The summed E-state index contributed by atoms with van der Waals surface area (Å²) in [7, 11) is 0. The number of epoxide rings is 2. The SMILES string of the molecule is CCC(CSCCCOCC(COCC1CO1)OCC1CO1)C(F)(F)C(F)(F)C(F)(F)C(F)(F)F. The number of hydrogen-bond acceptors (Lipinski definition) is 6. The zero-order valence-corrected chi connectivity index (χ0v) is 19.8. The molecule has 4 atom stereocenters. The van der Waals surface area contributed by atoms with Crippen molar-refractivity contribution < 1.29 is 63.2 Å². The molecule has 0 aromatic rings. The number of alkyl halides is 9. The highest BCUT2D eigenvalue weighted by atomic mass is 32.2. The van der Waals surface area contributed by atoms with Crippen LogP contribution < -0.4 is 0 Å². The van der Waals surface area contributed by atoms with Gasteiger partial charge in [0.25, 0.3) is 0 Å². The third-order valence-electron chi connectivity index (χ3n) is 5.30. The molecule has 0 amide bonds. The maximum absolute atomic E-state index is 14.1. The molecule has 2 heterocycles. The minimum Gasteiger partial charge on any atom is -0.379 e. The minimum absolute atomic E-state index is 0.0359. The Kier molecular flexibility index (Phi) is 11.3. The average molecular weight is 552 g/mol. The van der Waals surface area contributed by atoms with Crippen molar-refractivity contribution in [3.8, 4) is 0 Å². The molecule has 15 heteroatoms. The third-order valence-corrected chi connectivity index (χ3v) is 6.52. The van der Waals surface area contributed by atoms with Gasteiger partial charge in [-0.15, -0.1) is 0 Å². The Balaban J connectivity index is 1.70. The molecule has 4 unspecified atom stereocenters. The van der Waals surface area contributed by atoms with Gasteiger partial charge in [-0.05, 0) is 18.6 Å². The first-order chi connectivity index (χ1) is 16.2. The molecule has 2 rings (SSSR count). The second-order valence-electron chi connectivity index (χ2n) is 8.28. The summed E-state index contributed by atoms with van der Waals surface area (Å²) in [6.45, 7) is 3.65. The Labute approximate surface area is 201 Å². The lowest BCUT2D eigenvalue weighted by Gasteiger charge is -2.37. The van der Waals surface area contributed by atoms with Crippen LogP contribution in [0.3, 0.4) is 0 Å². The first-order valence-corrected chi connectivity index (χ1v) is 12.2. The quantitative estimate of drug-likeness (QED) is 0.130. The highest BCUT2D eigenvalue weighted by molar-refractivity contribution is 7.99. The Morgan fingerprint density at radius 1 is 0.857 bits per heavy atom. The second-order valence-corrected chi connectivity index (χ2v) is 9.43. The van der Waals surface area contributed by atoms with Crippen molar-refractivity contribution in [3.63, 3.8) is 0 Å². The van der Waals surface area contributed by atoms with E-state index in [1.165, 1.54) is 0 Å². The van der Waals surface area contributed by atoms with Crippen molar-refractivity contribution in [3.05, 3.63) is 0 Å². The fraction of sp³-hybridized carbons (Fsp3) is 1.00. The van der Waals surface area contributed by atoms with Gasteiger partial charge >= 0.3 is 23.9 Å². The van der Waals surface area contributed by atoms with E-state index in [9.17, 15) is 39.5 Å². The van der Waals surface area contributed by atoms with Crippen LogP contribution in [0.2, 0.25) is 0 Å². The maximum Gasteiger partial charge on any atom is 0.460 e. The Bertz CT molecular complexity index is 631. The van der Waals surface area contributed by atoms with E-state index >= 15 is 0 Å². The topological polar surface area (TPSA) is 52.8 Å². The van der Waals surface area contributed by atoms with E-state index in [1.807, 2.05) is 0 Å². The van der Waals surface area contributed by atoms with E-state index < -0.39 is 42.0 Å². The smallest absolute Gasteiger partial charge is 0.379 e. The Morgan fingerprint density at radius 3 is 1.97 bits per heavy atom. The fourth-order valence-corrected chi connectivity index (χ4v) is 4.09. The van der Waals surface area contributed by atoms with Gasteiger partial charge in [-0.1, -0.05) is 6.92 Å². The predicted molar refractivity (Wildman–Crippen MR) is 107 cm³/mol. The zero-order chi connectivity index (χ0) is 26.3. The largest absolute Gasteiger partial charge is 0.460 e.